The van der Waals surface area contributed by atoms with Crippen LogP contribution in [0.2, 0.25) is 0 Å². The molecule has 1 aromatic rings. The van der Waals surface area contributed by atoms with Gasteiger partial charge in [-0.2, -0.15) is 0 Å². The molecule has 2 heteroatoms. The largest absolute Gasteiger partial charge is 0.380 e. The van der Waals surface area contributed by atoms with Crippen LogP contribution in [-0.2, 0) is 15.8 Å². The minimum atomic E-state index is -0.750. The Kier molecular flexibility index (Phi) is 2.59. The van der Waals surface area contributed by atoms with Crippen LogP contribution in [0.3, 0.4) is 0 Å². The fraction of sp³-hybridized carbons (Fsp3) is 0.571. The summed E-state index contributed by atoms with van der Waals surface area (Å²) < 4.78 is 5.09. The van der Waals surface area contributed by atoms with Crippen molar-refractivity contribution in [1.82, 2.24) is 0 Å². The Hall–Kier alpha value is -0.860. The Balaban J connectivity index is 2.37. The first-order chi connectivity index (χ1) is 7.33. The van der Waals surface area contributed by atoms with Gasteiger partial charge in [0.15, 0.2) is 0 Å². The maximum absolute atomic E-state index is 10.2. The molecule has 0 amide bonds. The minimum absolute atomic E-state index is 0.155. The van der Waals surface area contributed by atoms with Crippen LogP contribution in [0, 0.1) is 6.92 Å². The van der Waals surface area contributed by atoms with Crippen molar-refractivity contribution in [2.24, 2.45) is 0 Å². The van der Waals surface area contributed by atoms with Gasteiger partial charge in [0, 0.05) is 0 Å². The molecule has 1 aliphatic heterocycles. The summed E-state index contributed by atoms with van der Waals surface area (Å²) in [5.74, 6) is 0. The molecule has 0 saturated carbocycles. The van der Waals surface area contributed by atoms with Gasteiger partial charge in [0.1, 0.15) is 5.60 Å². The molecule has 0 radical (unpaired) electrons. The predicted octanol–water partition coefficient (Wildman–Crippen LogP) is 2.51. The van der Waals surface area contributed by atoms with Gasteiger partial charge in [-0.1, -0.05) is 39.0 Å². The van der Waals surface area contributed by atoms with Gasteiger partial charge in [0.2, 0.25) is 0 Å². The molecule has 0 spiro atoms. The van der Waals surface area contributed by atoms with E-state index in [0.29, 0.717) is 13.2 Å². The molecule has 1 fully saturated rings. The average Bonchev–Trinajstić information content (AvgIpc) is 2.12. The van der Waals surface area contributed by atoms with Crippen molar-refractivity contribution in [2.75, 3.05) is 13.2 Å². The third kappa shape index (κ3) is 1.87. The molecule has 1 aliphatic rings. The van der Waals surface area contributed by atoms with Crippen LogP contribution in [0.25, 0.3) is 0 Å². The van der Waals surface area contributed by atoms with E-state index in [1.54, 1.807) is 0 Å². The number of benzene rings is 1. The summed E-state index contributed by atoms with van der Waals surface area (Å²) in [6, 6.07) is 6.32. The van der Waals surface area contributed by atoms with Gasteiger partial charge in [-0.15, -0.1) is 0 Å². The van der Waals surface area contributed by atoms with Crippen LogP contribution in [0.15, 0.2) is 18.2 Å². The third-order valence-electron chi connectivity index (χ3n) is 3.28. The molecule has 2 rings (SSSR count). The van der Waals surface area contributed by atoms with Crippen molar-refractivity contribution in [2.45, 2.75) is 38.7 Å². The van der Waals surface area contributed by atoms with Crippen molar-refractivity contribution in [3.8, 4) is 0 Å². The van der Waals surface area contributed by atoms with E-state index >= 15 is 0 Å². The molecule has 16 heavy (non-hydrogen) atoms. The molecule has 0 bridgehead atoms. The second kappa shape index (κ2) is 3.57. The van der Waals surface area contributed by atoms with Crippen LogP contribution in [0.1, 0.15) is 37.5 Å². The number of ether oxygens (including phenoxy) is 1. The monoisotopic (exact) mass is 220 g/mol. The molecule has 0 unspecified atom stereocenters. The number of hydrogen-bond donors (Lipinski definition) is 1. The molecular formula is C14H20O2. The van der Waals surface area contributed by atoms with Crippen LogP contribution >= 0.6 is 0 Å². The van der Waals surface area contributed by atoms with Crippen LogP contribution in [0.5, 0.6) is 0 Å². The lowest BCUT2D eigenvalue weighted by atomic mass is 9.82. The summed E-state index contributed by atoms with van der Waals surface area (Å²) >= 11 is 0. The Morgan fingerprint density at radius 3 is 2.25 bits per heavy atom. The highest BCUT2D eigenvalue weighted by molar-refractivity contribution is 5.38. The zero-order valence-corrected chi connectivity index (χ0v) is 10.5. The van der Waals surface area contributed by atoms with E-state index in [0.717, 1.165) is 11.1 Å². The van der Waals surface area contributed by atoms with E-state index in [9.17, 15) is 5.11 Å². The Morgan fingerprint density at radius 2 is 1.88 bits per heavy atom. The first-order valence-corrected chi connectivity index (χ1v) is 5.75. The number of rotatable bonds is 1. The fourth-order valence-electron chi connectivity index (χ4n) is 2.10. The molecule has 1 saturated heterocycles. The first-order valence-electron chi connectivity index (χ1n) is 5.75. The SMILES string of the molecule is Cc1cc(C(C)(C)C)ccc1C1(O)COC1. The lowest BCUT2D eigenvalue weighted by Gasteiger charge is -2.38. The summed E-state index contributed by atoms with van der Waals surface area (Å²) in [5, 5.41) is 10.2. The highest BCUT2D eigenvalue weighted by atomic mass is 16.5. The highest BCUT2D eigenvalue weighted by Crippen LogP contribution is 2.33. The second-order valence-corrected chi connectivity index (χ2v) is 5.80. The summed E-state index contributed by atoms with van der Waals surface area (Å²) in [6.07, 6.45) is 0. The Labute approximate surface area is 97.3 Å². The van der Waals surface area contributed by atoms with Crippen molar-refractivity contribution in [3.05, 3.63) is 34.9 Å². The van der Waals surface area contributed by atoms with E-state index in [-0.39, 0.29) is 5.41 Å². The quantitative estimate of drug-likeness (QED) is 0.788. The second-order valence-electron chi connectivity index (χ2n) is 5.80. The molecule has 1 heterocycles. The maximum atomic E-state index is 10.2. The van der Waals surface area contributed by atoms with Gasteiger partial charge in [0.25, 0.3) is 0 Å². The van der Waals surface area contributed by atoms with E-state index in [4.69, 9.17) is 4.74 Å². The Bertz CT molecular complexity index is 398. The van der Waals surface area contributed by atoms with Crippen molar-refractivity contribution < 1.29 is 9.84 Å². The van der Waals surface area contributed by atoms with E-state index in [2.05, 4.69) is 39.8 Å². The molecular weight excluding hydrogens is 200 g/mol. The zero-order chi connectivity index (χ0) is 12.0. The molecule has 1 N–H and O–H groups in total. The topological polar surface area (TPSA) is 29.5 Å². The molecule has 88 valence electrons. The predicted molar refractivity (Wildman–Crippen MR) is 64.6 cm³/mol. The number of hydrogen-bond acceptors (Lipinski definition) is 2. The Morgan fingerprint density at radius 1 is 1.25 bits per heavy atom. The van der Waals surface area contributed by atoms with Crippen LogP contribution in [-0.4, -0.2) is 18.3 Å². The molecule has 0 aromatic heterocycles. The van der Waals surface area contributed by atoms with Gasteiger partial charge in [0.05, 0.1) is 13.2 Å². The first kappa shape index (κ1) is 11.6. The summed E-state index contributed by atoms with van der Waals surface area (Å²) in [5.41, 5.74) is 2.87. The molecule has 1 aromatic carbocycles. The normalized spacial score (nSPS) is 19.3. The zero-order valence-electron chi connectivity index (χ0n) is 10.5. The standard InChI is InChI=1S/C14H20O2/c1-10-7-11(13(2,3)4)5-6-12(10)14(15)8-16-9-14/h5-7,15H,8-9H2,1-4H3. The average molecular weight is 220 g/mol. The lowest BCUT2D eigenvalue weighted by molar-refractivity contribution is -0.184. The van der Waals surface area contributed by atoms with Crippen molar-refractivity contribution >= 4 is 0 Å². The van der Waals surface area contributed by atoms with E-state index in [1.807, 2.05) is 6.07 Å². The lowest BCUT2D eigenvalue weighted by Crippen LogP contribution is -2.47. The number of aliphatic hydroxyl groups is 1. The highest BCUT2D eigenvalue weighted by Gasteiger charge is 2.39. The van der Waals surface area contributed by atoms with Gasteiger partial charge in [-0.3, -0.25) is 0 Å². The number of aryl methyl sites for hydroxylation is 1. The van der Waals surface area contributed by atoms with Crippen LogP contribution in [0.4, 0.5) is 0 Å². The van der Waals surface area contributed by atoms with Crippen molar-refractivity contribution in [1.29, 1.82) is 0 Å². The maximum Gasteiger partial charge on any atom is 0.136 e. The van der Waals surface area contributed by atoms with E-state index in [1.165, 1.54) is 5.56 Å². The molecule has 0 aliphatic carbocycles. The van der Waals surface area contributed by atoms with E-state index < -0.39 is 5.60 Å². The third-order valence-corrected chi connectivity index (χ3v) is 3.28. The van der Waals surface area contributed by atoms with Crippen LogP contribution < -0.4 is 0 Å². The van der Waals surface area contributed by atoms with Gasteiger partial charge in [-0.05, 0) is 29.0 Å². The molecule has 0 atom stereocenters. The van der Waals surface area contributed by atoms with Crippen molar-refractivity contribution in [3.63, 3.8) is 0 Å². The summed E-state index contributed by atoms with van der Waals surface area (Å²) in [7, 11) is 0. The molecule has 2 nitrogen and oxygen atoms in total. The van der Waals surface area contributed by atoms with Gasteiger partial charge < -0.3 is 9.84 Å². The van der Waals surface area contributed by atoms with Gasteiger partial charge in [-0.25, -0.2) is 0 Å². The summed E-state index contributed by atoms with van der Waals surface area (Å²) in [4.78, 5) is 0. The van der Waals surface area contributed by atoms with Gasteiger partial charge >= 0.3 is 0 Å². The fourth-order valence-corrected chi connectivity index (χ4v) is 2.10. The smallest absolute Gasteiger partial charge is 0.136 e. The minimum Gasteiger partial charge on any atom is -0.380 e. The summed E-state index contributed by atoms with van der Waals surface area (Å²) in [6.45, 7) is 9.49.